The normalized spacial score (nSPS) is 10.7. The van der Waals surface area contributed by atoms with Gasteiger partial charge in [-0.2, -0.15) is 0 Å². The highest BCUT2D eigenvalue weighted by Gasteiger charge is 2.20. The van der Waals surface area contributed by atoms with E-state index in [-0.39, 0.29) is 5.91 Å². The average Bonchev–Trinajstić information content (AvgIpc) is 2.72. The zero-order valence-corrected chi connectivity index (χ0v) is 15.0. The maximum Gasteiger partial charge on any atom is 0.258 e. The first-order valence-corrected chi connectivity index (χ1v) is 8.83. The van der Waals surface area contributed by atoms with Crippen LogP contribution in [0.15, 0.2) is 85.3 Å². The summed E-state index contributed by atoms with van der Waals surface area (Å²) in [5.41, 5.74) is 4.43. The highest BCUT2D eigenvalue weighted by atomic mass is 16.2. The molecule has 0 unspecified atom stereocenters. The number of benzene rings is 3. The molecule has 0 atom stereocenters. The Morgan fingerprint density at radius 3 is 2.56 bits per heavy atom. The van der Waals surface area contributed by atoms with E-state index in [4.69, 9.17) is 0 Å². The molecule has 1 heterocycles. The minimum atomic E-state index is -0.0202. The summed E-state index contributed by atoms with van der Waals surface area (Å²) in [5.74, 6) is -0.0202. The van der Waals surface area contributed by atoms with E-state index >= 15 is 0 Å². The molecule has 0 bridgehead atoms. The van der Waals surface area contributed by atoms with Crippen LogP contribution in [0.25, 0.3) is 10.9 Å². The summed E-state index contributed by atoms with van der Waals surface area (Å²) in [7, 11) is 0. The number of aromatic nitrogens is 2. The summed E-state index contributed by atoms with van der Waals surface area (Å²) in [6.07, 6.45) is 3.30. The van der Waals surface area contributed by atoms with Gasteiger partial charge in [0.1, 0.15) is 6.33 Å². The number of rotatable bonds is 4. The highest BCUT2D eigenvalue weighted by Crippen LogP contribution is 2.25. The summed E-state index contributed by atoms with van der Waals surface area (Å²) in [5, 5.41) is 0.908. The lowest BCUT2D eigenvalue weighted by Gasteiger charge is -2.24. The summed E-state index contributed by atoms with van der Waals surface area (Å²) in [4.78, 5) is 23.6. The zero-order valence-electron chi connectivity index (χ0n) is 15.0. The molecule has 1 aromatic heterocycles. The Bertz CT molecular complexity index is 1090. The molecule has 1 amide bonds. The molecule has 4 nitrogen and oxygen atoms in total. The van der Waals surface area contributed by atoms with E-state index in [0.717, 1.165) is 27.7 Å². The largest absolute Gasteiger partial charge is 0.304 e. The van der Waals surface area contributed by atoms with Crippen molar-refractivity contribution in [3.63, 3.8) is 0 Å². The minimum absolute atomic E-state index is 0.0202. The topological polar surface area (TPSA) is 46.1 Å². The third kappa shape index (κ3) is 3.55. The monoisotopic (exact) mass is 353 g/mol. The Kier molecular flexibility index (Phi) is 4.62. The van der Waals surface area contributed by atoms with Crippen LogP contribution >= 0.6 is 0 Å². The van der Waals surface area contributed by atoms with E-state index < -0.39 is 0 Å². The lowest BCUT2D eigenvalue weighted by atomic mass is 10.1. The molecule has 0 spiro atoms. The van der Waals surface area contributed by atoms with Crippen LogP contribution in [-0.4, -0.2) is 15.9 Å². The second-order valence-electron chi connectivity index (χ2n) is 6.46. The van der Waals surface area contributed by atoms with E-state index in [2.05, 4.69) is 9.97 Å². The number of hydrogen-bond acceptors (Lipinski definition) is 3. The van der Waals surface area contributed by atoms with Gasteiger partial charge in [-0.3, -0.25) is 4.79 Å². The van der Waals surface area contributed by atoms with Crippen molar-refractivity contribution in [3.05, 3.63) is 102 Å². The van der Waals surface area contributed by atoms with Crippen LogP contribution in [0.2, 0.25) is 0 Å². The number of fused-ring (bicyclic) bond motifs is 1. The number of aryl methyl sites for hydroxylation is 1. The van der Waals surface area contributed by atoms with Crippen LogP contribution < -0.4 is 4.90 Å². The number of hydrogen-bond donors (Lipinski definition) is 0. The van der Waals surface area contributed by atoms with Crippen molar-refractivity contribution in [1.82, 2.24) is 9.97 Å². The zero-order chi connectivity index (χ0) is 18.6. The first-order chi connectivity index (χ1) is 13.2. The van der Waals surface area contributed by atoms with Gasteiger partial charge >= 0.3 is 0 Å². The van der Waals surface area contributed by atoms with Crippen LogP contribution in [0.4, 0.5) is 5.69 Å². The molecular weight excluding hydrogens is 334 g/mol. The fourth-order valence-electron chi connectivity index (χ4n) is 3.14. The third-order valence-electron chi connectivity index (χ3n) is 4.60. The Hall–Kier alpha value is -3.53. The molecule has 0 aliphatic carbocycles. The molecule has 0 fully saturated rings. The second-order valence-corrected chi connectivity index (χ2v) is 6.46. The van der Waals surface area contributed by atoms with Crippen molar-refractivity contribution in [3.8, 4) is 0 Å². The predicted octanol–water partition coefficient (Wildman–Crippen LogP) is 4.79. The van der Waals surface area contributed by atoms with Crippen LogP contribution in [0, 0.1) is 6.92 Å². The molecule has 132 valence electrons. The van der Waals surface area contributed by atoms with Gasteiger partial charge in [0.05, 0.1) is 12.1 Å². The molecule has 4 aromatic rings. The summed E-state index contributed by atoms with van der Waals surface area (Å²) >= 11 is 0. The second kappa shape index (κ2) is 7.38. The molecular formula is C23H19N3O. The summed E-state index contributed by atoms with van der Waals surface area (Å²) in [6.45, 7) is 2.45. The average molecular weight is 353 g/mol. The Labute approximate surface area is 158 Å². The number of nitrogens with zero attached hydrogens (tertiary/aromatic N) is 3. The van der Waals surface area contributed by atoms with Crippen molar-refractivity contribution in [1.29, 1.82) is 0 Å². The van der Waals surface area contributed by atoms with E-state index in [1.165, 1.54) is 6.33 Å². The summed E-state index contributed by atoms with van der Waals surface area (Å²) in [6, 6.07) is 23.5. The Morgan fingerprint density at radius 1 is 0.963 bits per heavy atom. The number of carbonyl (C=O) groups is 1. The first-order valence-electron chi connectivity index (χ1n) is 8.83. The third-order valence-corrected chi connectivity index (χ3v) is 4.60. The molecule has 0 saturated heterocycles. The van der Waals surface area contributed by atoms with E-state index in [9.17, 15) is 4.79 Å². The van der Waals surface area contributed by atoms with Gasteiger partial charge in [-0.1, -0.05) is 48.5 Å². The Balaban J connectivity index is 1.79. The van der Waals surface area contributed by atoms with Gasteiger partial charge < -0.3 is 4.90 Å². The van der Waals surface area contributed by atoms with E-state index in [0.29, 0.717) is 12.1 Å². The van der Waals surface area contributed by atoms with Gasteiger partial charge in [-0.15, -0.1) is 0 Å². The van der Waals surface area contributed by atoms with Gasteiger partial charge in [-0.05, 0) is 42.3 Å². The summed E-state index contributed by atoms with van der Waals surface area (Å²) < 4.78 is 0. The van der Waals surface area contributed by atoms with Crippen LogP contribution in [0.5, 0.6) is 0 Å². The van der Waals surface area contributed by atoms with Crippen molar-refractivity contribution in [2.75, 3.05) is 4.90 Å². The van der Waals surface area contributed by atoms with Gasteiger partial charge in [0.25, 0.3) is 5.91 Å². The lowest BCUT2D eigenvalue weighted by molar-refractivity contribution is 0.0984. The molecule has 0 saturated carbocycles. The van der Waals surface area contributed by atoms with Gasteiger partial charge in [0, 0.05) is 22.8 Å². The first kappa shape index (κ1) is 16.9. The maximum absolute atomic E-state index is 13.4. The van der Waals surface area contributed by atoms with E-state index in [1.54, 1.807) is 6.20 Å². The van der Waals surface area contributed by atoms with Crippen molar-refractivity contribution < 1.29 is 4.79 Å². The minimum Gasteiger partial charge on any atom is -0.304 e. The Morgan fingerprint density at radius 2 is 1.74 bits per heavy atom. The van der Waals surface area contributed by atoms with Crippen LogP contribution in [0.3, 0.4) is 0 Å². The molecule has 0 aliphatic rings. The van der Waals surface area contributed by atoms with Gasteiger partial charge in [-0.25, -0.2) is 9.97 Å². The van der Waals surface area contributed by atoms with Gasteiger partial charge in [0.15, 0.2) is 0 Å². The smallest absolute Gasteiger partial charge is 0.258 e. The number of amides is 1. The van der Waals surface area contributed by atoms with Crippen molar-refractivity contribution >= 4 is 22.5 Å². The fraction of sp³-hybridized carbons (Fsp3) is 0.0870. The fourth-order valence-corrected chi connectivity index (χ4v) is 3.14. The predicted molar refractivity (Wildman–Crippen MR) is 108 cm³/mol. The van der Waals surface area contributed by atoms with Crippen LogP contribution in [0.1, 0.15) is 21.5 Å². The highest BCUT2D eigenvalue weighted by molar-refractivity contribution is 6.07. The maximum atomic E-state index is 13.4. The van der Waals surface area contributed by atoms with Crippen molar-refractivity contribution in [2.24, 2.45) is 0 Å². The number of carbonyl (C=O) groups excluding carboxylic acids is 1. The van der Waals surface area contributed by atoms with Crippen LogP contribution in [-0.2, 0) is 6.54 Å². The molecule has 4 heteroatoms. The molecule has 4 rings (SSSR count). The quantitative estimate of drug-likeness (QED) is 0.530. The molecule has 0 aliphatic heterocycles. The molecule has 0 radical (unpaired) electrons. The molecule has 27 heavy (non-hydrogen) atoms. The number of anilines is 1. The SMILES string of the molecule is Cc1ccccc1C(=O)N(Cc1ccccc1)c1ccc2ncncc2c1. The lowest BCUT2D eigenvalue weighted by Crippen LogP contribution is -2.31. The molecule has 0 N–H and O–H groups in total. The van der Waals surface area contributed by atoms with E-state index in [1.807, 2.05) is 84.6 Å². The van der Waals surface area contributed by atoms with Crippen molar-refractivity contribution in [2.45, 2.75) is 13.5 Å². The molecule has 3 aromatic carbocycles. The van der Waals surface area contributed by atoms with Gasteiger partial charge in [0.2, 0.25) is 0 Å². The standard InChI is InChI=1S/C23H19N3O/c1-17-7-5-6-10-21(17)23(27)26(15-18-8-3-2-4-9-18)20-11-12-22-19(13-20)14-24-16-25-22/h2-14,16H,15H2,1H3.